The van der Waals surface area contributed by atoms with Crippen molar-refractivity contribution in [1.29, 1.82) is 0 Å². The van der Waals surface area contributed by atoms with Gasteiger partial charge in [-0.25, -0.2) is 0 Å². The van der Waals surface area contributed by atoms with E-state index in [1.54, 1.807) is 0 Å². The third-order valence-corrected chi connectivity index (χ3v) is 5.42. The van der Waals surface area contributed by atoms with Crippen LogP contribution in [0.5, 0.6) is 0 Å². The highest BCUT2D eigenvalue weighted by Crippen LogP contribution is 2.36. The number of hydrogen-bond donors (Lipinski definition) is 3. The fourth-order valence-electron chi connectivity index (χ4n) is 4.23. The average Bonchev–Trinajstić information content (AvgIpc) is 3.13. The van der Waals surface area contributed by atoms with E-state index in [0.717, 1.165) is 13.0 Å². The van der Waals surface area contributed by atoms with Crippen molar-refractivity contribution in [2.45, 2.75) is 63.4 Å². The summed E-state index contributed by atoms with van der Waals surface area (Å²) in [5, 5.41) is 16.5. The topological polar surface area (TPSA) is 79.8 Å². The van der Waals surface area contributed by atoms with Crippen LogP contribution in [0.15, 0.2) is 0 Å². The molecule has 0 aromatic rings. The van der Waals surface area contributed by atoms with Crippen LogP contribution in [-0.4, -0.2) is 55.2 Å². The maximum Gasteiger partial charge on any atom is 0.303 e. The second-order valence-electron chi connectivity index (χ2n) is 6.98. The molecule has 6 nitrogen and oxygen atoms in total. The first kappa shape index (κ1) is 16.2. The first-order valence-electron chi connectivity index (χ1n) is 8.54. The first-order valence-corrected chi connectivity index (χ1v) is 8.54. The van der Waals surface area contributed by atoms with E-state index in [-0.39, 0.29) is 12.0 Å². The van der Waals surface area contributed by atoms with E-state index < -0.39 is 12.2 Å². The highest BCUT2D eigenvalue weighted by Gasteiger charge is 2.39. The third kappa shape index (κ3) is 3.79. The number of ether oxygens (including phenoxy) is 2. The molecule has 2 saturated heterocycles. The molecule has 0 amide bonds. The quantitative estimate of drug-likeness (QED) is 0.652. The third-order valence-electron chi connectivity index (χ3n) is 5.42. The molecule has 126 valence electrons. The Labute approximate surface area is 131 Å². The van der Waals surface area contributed by atoms with Crippen molar-refractivity contribution in [2.75, 3.05) is 19.8 Å². The lowest BCUT2D eigenvalue weighted by Crippen LogP contribution is -2.39. The van der Waals surface area contributed by atoms with Gasteiger partial charge in [-0.05, 0) is 31.1 Å². The molecule has 3 fully saturated rings. The molecule has 0 aromatic carbocycles. The van der Waals surface area contributed by atoms with Crippen LogP contribution in [0.2, 0.25) is 0 Å². The van der Waals surface area contributed by atoms with E-state index >= 15 is 0 Å². The molecule has 4 atom stereocenters. The maximum absolute atomic E-state index is 11.2. The monoisotopic (exact) mass is 312 g/mol. The highest BCUT2D eigenvalue weighted by molar-refractivity contribution is 5.66. The van der Waals surface area contributed by atoms with Crippen molar-refractivity contribution in [3.63, 3.8) is 0 Å². The number of esters is 1. The number of β-amino-alcohol motifs (C(OH)–C–C–N with tert-alkyl or cyclic N) is 1. The van der Waals surface area contributed by atoms with Crippen LogP contribution in [0.25, 0.3) is 0 Å². The van der Waals surface area contributed by atoms with E-state index in [2.05, 4.69) is 10.6 Å². The summed E-state index contributed by atoms with van der Waals surface area (Å²) < 4.78 is 11.0. The van der Waals surface area contributed by atoms with Gasteiger partial charge in [0.2, 0.25) is 0 Å². The molecule has 0 radical (unpaired) electrons. The van der Waals surface area contributed by atoms with Crippen LogP contribution in [0.3, 0.4) is 0 Å². The summed E-state index contributed by atoms with van der Waals surface area (Å²) in [6.45, 7) is 3.60. The molecular weight excluding hydrogens is 284 g/mol. The lowest BCUT2D eigenvalue weighted by Gasteiger charge is -2.33. The van der Waals surface area contributed by atoms with Crippen molar-refractivity contribution < 1.29 is 19.4 Å². The lowest BCUT2D eigenvalue weighted by molar-refractivity contribution is -0.151. The standard InChI is InChI=1S/C16H28N2O4/c1-10(19)22-16-13(18-7-14(16)20)6-11-2-4-12(5-3-11)15-8-17-9-21-15/h11-18,20H,2-9H2,1H3/t11?,12?,13-,14+,15?,16+/m1/s1. The molecule has 22 heavy (non-hydrogen) atoms. The molecule has 0 bridgehead atoms. The molecule has 3 aliphatic rings. The predicted molar refractivity (Wildman–Crippen MR) is 81.2 cm³/mol. The van der Waals surface area contributed by atoms with E-state index in [9.17, 15) is 9.90 Å². The van der Waals surface area contributed by atoms with Gasteiger partial charge in [0.05, 0.1) is 12.8 Å². The van der Waals surface area contributed by atoms with Crippen LogP contribution >= 0.6 is 0 Å². The zero-order valence-electron chi connectivity index (χ0n) is 13.3. The Morgan fingerprint density at radius 3 is 2.68 bits per heavy atom. The Hall–Kier alpha value is -0.690. The summed E-state index contributed by atoms with van der Waals surface area (Å²) in [7, 11) is 0. The van der Waals surface area contributed by atoms with Gasteiger partial charge in [0.15, 0.2) is 0 Å². The van der Waals surface area contributed by atoms with Gasteiger partial charge in [0.1, 0.15) is 12.2 Å². The van der Waals surface area contributed by atoms with Crippen molar-refractivity contribution >= 4 is 5.97 Å². The number of carbonyl (C=O) groups is 1. The Morgan fingerprint density at radius 2 is 2.05 bits per heavy atom. The summed E-state index contributed by atoms with van der Waals surface area (Å²) in [4.78, 5) is 11.2. The number of nitrogens with one attached hydrogen (secondary N) is 2. The van der Waals surface area contributed by atoms with Gasteiger partial charge in [-0.2, -0.15) is 0 Å². The molecule has 2 heterocycles. The Balaban J connectivity index is 1.46. The van der Waals surface area contributed by atoms with Crippen molar-refractivity contribution in [3.8, 4) is 0 Å². The van der Waals surface area contributed by atoms with Gasteiger partial charge < -0.3 is 19.9 Å². The fraction of sp³-hybridized carbons (Fsp3) is 0.938. The largest absolute Gasteiger partial charge is 0.458 e. The Bertz CT molecular complexity index is 378. The van der Waals surface area contributed by atoms with Crippen molar-refractivity contribution in [3.05, 3.63) is 0 Å². The van der Waals surface area contributed by atoms with Gasteiger partial charge in [-0.15, -0.1) is 0 Å². The second-order valence-corrected chi connectivity index (χ2v) is 6.98. The number of hydrogen-bond acceptors (Lipinski definition) is 6. The fourth-order valence-corrected chi connectivity index (χ4v) is 4.23. The summed E-state index contributed by atoms with van der Waals surface area (Å²) in [6, 6.07) is 0.0878. The zero-order chi connectivity index (χ0) is 15.5. The minimum absolute atomic E-state index is 0.0878. The van der Waals surface area contributed by atoms with Crippen LogP contribution in [0.1, 0.15) is 39.0 Å². The van der Waals surface area contributed by atoms with Gasteiger partial charge in [-0.1, -0.05) is 12.8 Å². The molecule has 1 saturated carbocycles. The van der Waals surface area contributed by atoms with E-state index in [1.807, 2.05) is 0 Å². The summed E-state index contributed by atoms with van der Waals surface area (Å²) in [5.41, 5.74) is 0. The number of aliphatic hydroxyl groups excluding tert-OH is 1. The summed E-state index contributed by atoms with van der Waals surface area (Å²) in [5.74, 6) is 1.01. The Morgan fingerprint density at radius 1 is 1.27 bits per heavy atom. The van der Waals surface area contributed by atoms with Crippen LogP contribution in [-0.2, 0) is 14.3 Å². The van der Waals surface area contributed by atoms with Crippen molar-refractivity contribution in [1.82, 2.24) is 10.6 Å². The molecule has 3 N–H and O–H groups in total. The van der Waals surface area contributed by atoms with Crippen LogP contribution in [0, 0.1) is 11.8 Å². The second kappa shape index (κ2) is 7.25. The van der Waals surface area contributed by atoms with Crippen LogP contribution in [0.4, 0.5) is 0 Å². The molecule has 6 heteroatoms. The van der Waals surface area contributed by atoms with E-state index in [0.29, 0.717) is 31.2 Å². The first-order chi connectivity index (χ1) is 10.6. The molecule has 0 aromatic heterocycles. The normalized spacial score (nSPS) is 42.5. The summed E-state index contributed by atoms with van der Waals surface area (Å²) in [6.07, 6.45) is 5.22. The molecule has 0 spiro atoms. The minimum atomic E-state index is -0.580. The molecule has 3 rings (SSSR count). The predicted octanol–water partition coefficient (Wildman–Crippen LogP) is 0.393. The van der Waals surface area contributed by atoms with Gasteiger partial charge in [-0.3, -0.25) is 10.1 Å². The Kier molecular flexibility index (Phi) is 5.33. The maximum atomic E-state index is 11.2. The molecule has 1 unspecified atom stereocenters. The number of aliphatic hydroxyl groups is 1. The van der Waals surface area contributed by atoms with Crippen LogP contribution < -0.4 is 10.6 Å². The zero-order valence-corrected chi connectivity index (χ0v) is 13.3. The van der Waals surface area contributed by atoms with E-state index in [1.165, 1.54) is 32.6 Å². The smallest absolute Gasteiger partial charge is 0.303 e. The van der Waals surface area contributed by atoms with Gasteiger partial charge in [0.25, 0.3) is 0 Å². The highest BCUT2D eigenvalue weighted by atomic mass is 16.6. The van der Waals surface area contributed by atoms with Gasteiger partial charge in [0, 0.05) is 26.1 Å². The lowest BCUT2D eigenvalue weighted by atomic mass is 9.77. The SMILES string of the molecule is CC(=O)O[C@@H]1[C@@H](O)CN[C@@H]1CC1CCC(C2CNCO2)CC1. The molecule has 2 aliphatic heterocycles. The van der Waals surface area contributed by atoms with Gasteiger partial charge >= 0.3 is 5.97 Å². The number of rotatable bonds is 4. The van der Waals surface area contributed by atoms with E-state index in [4.69, 9.17) is 9.47 Å². The number of carbonyl (C=O) groups excluding carboxylic acids is 1. The van der Waals surface area contributed by atoms with Crippen molar-refractivity contribution in [2.24, 2.45) is 11.8 Å². The molecule has 1 aliphatic carbocycles. The minimum Gasteiger partial charge on any atom is -0.458 e. The molecular formula is C16H28N2O4. The summed E-state index contributed by atoms with van der Waals surface area (Å²) >= 11 is 0. The average molecular weight is 312 g/mol.